The van der Waals surface area contributed by atoms with Crippen LogP contribution in [0.1, 0.15) is 20.7 Å². The van der Waals surface area contributed by atoms with Crippen molar-refractivity contribution in [3.05, 3.63) is 71.8 Å². The topological polar surface area (TPSA) is 59.1 Å². The van der Waals surface area contributed by atoms with Crippen molar-refractivity contribution in [2.45, 2.75) is 6.10 Å². The Morgan fingerprint density at radius 1 is 1.07 bits per heavy atom. The number of morpholine rings is 1. The Bertz CT molecular complexity index is 767. The zero-order valence-electron chi connectivity index (χ0n) is 16.1. The largest absolute Gasteiger partial charge is 0.383 e. The minimum absolute atomic E-state index is 0.00766. The first kappa shape index (κ1) is 20.0. The molecule has 0 radical (unpaired) electrons. The number of amides is 2. The fourth-order valence-electron chi connectivity index (χ4n) is 3.26. The zero-order valence-corrected chi connectivity index (χ0v) is 16.1. The molecule has 0 aliphatic carbocycles. The zero-order chi connectivity index (χ0) is 19.8. The first-order valence-electron chi connectivity index (χ1n) is 9.48. The van der Waals surface area contributed by atoms with Crippen molar-refractivity contribution in [2.24, 2.45) is 0 Å². The minimum Gasteiger partial charge on any atom is -0.383 e. The second kappa shape index (κ2) is 10.0. The highest BCUT2D eigenvalue weighted by Gasteiger charge is 2.28. The molecule has 6 heteroatoms. The molecule has 1 heterocycles. The van der Waals surface area contributed by atoms with Crippen LogP contribution in [0.4, 0.5) is 0 Å². The van der Waals surface area contributed by atoms with Crippen molar-refractivity contribution >= 4 is 11.8 Å². The average Bonchev–Trinajstić information content (AvgIpc) is 2.77. The maximum Gasteiger partial charge on any atom is 0.254 e. The Labute approximate surface area is 165 Å². The van der Waals surface area contributed by atoms with E-state index in [0.29, 0.717) is 50.5 Å². The van der Waals surface area contributed by atoms with Crippen molar-refractivity contribution in [3.63, 3.8) is 0 Å². The standard InChI is InChI=1S/C22H26N2O4/c1-27-14-12-23(21(25)18-8-4-2-5-9-18)16-20-17-24(13-15-28-20)22(26)19-10-6-3-7-11-19/h2-11,20H,12-17H2,1H3. The molecular weight excluding hydrogens is 356 g/mol. The highest BCUT2D eigenvalue weighted by atomic mass is 16.5. The number of carbonyl (C=O) groups is 2. The maximum atomic E-state index is 12.9. The van der Waals surface area contributed by atoms with E-state index < -0.39 is 0 Å². The van der Waals surface area contributed by atoms with E-state index in [4.69, 9.17) is 9.47 Å². The molecule has 1 atom stereocenters. The summed E-state index contributed by atoms with van der Waals surface area (Å²) in [5.41, 5.74) is 1.30. The summed E-state index contributed by atoms with van der Waals surface area (Å²) in [5, 5.41) is 0. The average molecular weight is 382 g/mol. The Kier molecular flexibility index (Phi) is 7.17. The van der Waals surface area contributed by atoms with Gasteiger partial charge in [-0.15, -0.1) is 0 Å². The third-order valence-corrected chi connectivity index (χ3v) is 4.74. The second-order valence-corrected chi connectivity index (χ2v) is 6.72. The van der Waals surface area contributed by atoms with Crippen LogP contribution in [0.2, 0.25) is 0 Å². The van der Waals surface area contributed by atoms with Crippen LogP contribution >= 0.6 is 0 Å². The number of benzene rings is 2. The van der Waals surface area contributed by atoms with Gasteiger partial charge in [0.05, 0.1) is 19.3 Å². The van der Waals surface area contributed by atoms with Crippen LogP contribution in [-0.4, -0.2) is 74.2 Å². The molecule has 0 aromatic heterocycles. The number of rotatable bonds is 7. The molecule has 2 aromatic carbocycles. The summed E-state index contributed by atoms with van der Waals surface area (Å²) in [4.78, 5) is 29.2. The van der Waals surface area contributed by atoms with E-state index in [9.17, 15) is 9.59 Å². The highest BCUT2D eigenvalue weighted by Crippen LogP contribution is 2.13. The number of nitrogens with zero attached hydrogens (tertiary/aromatic N) is 2. The van der Waals surface area contributed by atoms with Crippen molar-refractivity contribution in [3.8, 4) is 0 Å². The summed E-state index contributed by atoms with van der Waals surface area (Å²) in [7, 11) is 1.61. The SMILES string of the molecule is COCCN(CC1CN(C(=O)c2ccccc2)CCO1)C(=O)c1ccccc1. The summed E-state index contributed by atoms with van der Waals surface area (Å²) < 4.78 is 11.0. The van der Waals surface area contributed by atoms with Crippen LogP contribution in [0.15, 0.2) is 60.7 Å². The van der Waals surface area contributed by atoms with Crippen LogP contribution < -0.4 is 0 Å². The van der Waals surface area contributed by atoms with Gasteiger partial charge in [-0.05, 0) is 24.3 Å². The van der Waals surface area contributed by atoms with Gasteiger partial charge in [-0.2, -0.15) is 0 Å². The third-order valence-electron chi connectivity index (χ3n) is 4.74. The first-order valence-corrected chi connectivity index (χ1v) is 9.48. The van der Waals surface area contributed by atoms with Crippen molar-refractivity contribution in [1.29, 1.82) is 0 Å². The molecule has 0 spiro atoms. The lowest BCUT2D eigenvalue weighted by molar-refractivity contribution is -0.0346. The second-order valence-electron chi connectivity index (χ2n) is 6.72. The Morgan fingerprint density at radius 3 is 2.36 bits per heavy atom. The Balaban J connectivity index is 1.66. The molecule has 1 aliphatic heterocycles. The Hall–Kier alpha value is -2.70. The Morgan fingerprint density at radius 2 is 1.71 bits per heavy atom. The van der Waals surface area contributed by atoms with E-state index in [0.717, 1.165) is 0 Å². The predicted molar refractivity (Wildman–Crippen MR) is 106 cm³/mol. The number of ether oxygens (including phenoxy) is 2. The quantitative estimate of drug-likeness (QED) is 0.737. The number of hydrogen-bond acceptors (Lipinski definition) is 4. The van der Waals surface area contributed by atoms with E-state index in [-0.39, 0.29) is 17.9 Å². The molecule has 3 rings (SSSR count). The first-order chi connectivity index (χ1) is 13.7. The smallest absolute Gasteiger partial charge is 0.254 e. The lowest BCUT2D eigenvalue weighted by Gasteiger charge is -2.36. The molecule has 1 aliphatic rings. The normalized spacial score (nSPS) is 16.6. The number of hydrogen-bond donors (Lipinski definition) is 0. The lowest BCUT2D eigenvalue weighted by Crippen LogP contribution is -2.51. The van der Waals surface area contributed by atoms with Crippen LogP contribution in [-0.2, 0) is 9.47 Å². The van der Waals surface area contributed by atoms with Gasteiger partial charge in [0.15, 0.2) is 0 Å². The van der Waals surface area contributed by atoms with Gasteiger partial charge in [0.2, 0.25) is 0 Å². The summed E-state index contributed by atoms with van der Waals surface area (Å²) in [6.07, 6.45) is -0.231. The summed E-state index contributed by atoms with van der Waals surface area (Å²) in [6, 6.07) is 18.4. The molecule has 148 valence electrons. The van der Waals surface area contributed by atoms with Crippen LogP contribution in [0.3, 0.4) is 0 Å². The molecule has 1 saturated heterocycles. The van der Waals surface area contributed by atoms with E-state index in [1.54, 1.807) is 29.0 Å². The summed E-state index contributed by atoms with van der Waals surface area (Å²) >= 11 is 0. The van der Waals surface area contributed by atoms with Gasteiger partial charge in [-0.3, -0.25) is 9.59 Å². The molecule has 0 N–H and O–H groups in total. The molecule has 0 bridgehead atoms. The molecule has 2 aromatic rings. The van der Waals surface area contributed by atoms with Crippen molar-refractivity contribution in [1.82, 2.24) is 9.80 Å². The summed E-state index contributed by atoms with van der Waals surface area (Å²) in [6.45, 7) is 2.79. The van der Waals surface area contributed by atoms with Gasteiger partial charge in [0.25, 0.3) is 11.8 Å². The number of methoxy groups -OCH3 is 1. The maximum absolute atomic E-state index is 12.9. The third kappa shape index (κ3) is 5.18. The lowest BCUT2D eigenvalue weighted by atomic mass is 10.1. The van der Waals surface area contributed by atoms with Crippen LogP contribution in [0.25, 0.3) is 0 Å². The molecule has 1 unspecified atom stereocenters. The van der Waals surface area contributed by atoms with E-state index in [1.165, 1.54) is 0 Å². The fourth-order valence-corrected chi connectivity index (χ4v) is 3.26. The predicted octanol–water partition coefficient (Wildman–Crippen LogP) is 2.32. The molecule has 28 heavy (non-hydrogen) atoms. The highest BCUT2D eigenvalue weighted by molar-refractivity contribution is 5.95. The minimum atomic E-state index is -0.231. The molecular formula is C22H26N2O4. The van der Waals surface area contributed by atoms with Gasteiger partial charge >= 0.3 is 0 Å². The number of carbonyl (C=O) groups excluding carboxylic acids is 2. The molecule has 0 saturated carbocycles. The van der Waals surface area contributed by atoms with E-state index in [1.807, 2.05) is 48.5 Å². The van der Waals surface area contributed by atoms with Gasteiger partial charge in [0, 0.05) is 44.4 Å². The van der Waals surface area contributed by atoms with Crippen LogP contribution in [0.5, 0.6) is 0 Å². The molecule has 6 nitrogen and oxygen atoms in total. The monoisotopic (exact) mass is 382 g/mol. The summed E-state index contributed by atoms with van der Waals surface area (Å²) in [5.74, 6) is -0.0699. The van der Waals surface area contributed by atoms with Gasteiger partial charge < -0.3 is 19.3 Å². The molecule has 1 fully saturated rings. The van der Waals surface area contributed by atoms with Gasteiger partial charge in [-0.25, -0.2) is 0 Å². The van der Waals surface area contributed by atoms with Gasteiger partial charge in [-0.1, -0.05) is 36.4 Å². The van der Waals surface area contributed by atoms with E-state index >= 15 is 0 Å². The van der Waals surface area contributed by atoms with Gasteiger partial charge in [0.1, 0.15) is 0 Å². The molecule has 2 amide bonds. The fraction of sp³-hybridized carbons (Fsp3) is 0.364. The van der Waals surface area contributed by atoms with E-state index in [2.05, 4.69) is 0 Å². The van der Waals surface area contributed by atoms with Crippen LogP contribution in [0, 0.1) is 0 Å². The van der Waals surface area contributed by atoms with Crippen molar-refractivity contribution < 1.29 is 19.1 Å². The van der Waals surface area contributed by atoms with Crippen molar-refractivity contribution in [2.75, 3.05) is 46.5 Å².